The average Bonchev–Trinajstić information content (AvgIpc) is 3.54. The number of aliphatic hydroxyl groups is 1. The fraction of sp³-hybridized carbons (Fsp3) is 0.484. The van der Waals surface area contributed by atoms with Crippen LogP contribution in [0.5, 0.6) is 0 Å². The topological polar surface area (TPSA) is 103 Å². The van der Waals surface area contributed by atoms with Gasteiger partial charge in [0.1, 0.15) is 6.07 Å². The Morgan fingerprint density at radius 1 is 1.15 bits per heavy atom. The molecule has 0 aromatic carbocycles. The third kappa shape index (κ3) is 5.74. The molecule has 1 fully saturated rings. The standard InChI is InChI=1S/C31H39N7O2/c1-22(39)19-37-20-26(18-33-37)24-14-27(29-25(16-32)17-34-38(29)21-24)23-6-8-31(5,9-7-23)36-12-10-35(11-13-36)28(40)15-30(2,3)4/h6-8,14,17-18,20-22,39H,9-13,15,19H2,1-5H3/t22-,31?/m0/s1. The Morgan fingerprint density at radius 2 is 1.90 bits per heavy atom. The number of allylic oxidation sites excluding steroid dienone is 2. The fourth-order valence-electron chi connectivity index (χ4n) is 5.65. The highest BCUT2D eigenvalue weighted by molar-refractivity contribution is 5.89. The van der Waals surface area contributed by atoms with Crippen molar-refractivity contribution in [1.82, 2.24) is 29.2 Å². The summed E-state index contributed by atoms with van der Waals surface area (Å²) in [7, 11) is 0. The van der Waals surface area contributed by atoms with Crippen molar-refractivity contribution in [3.63, 3.8) is 0 Å². The number of carbonyl (C=O) groups is 1. The van der Waals surface area contributed by atoms with E-state index in [1.54, 1.807) is 28.5 Å². The first kappa shape index (κ1) is 27.8. The van der Waals surface area contributed by atoms with E-state index < -0.39 is 6.10 Å². The quantitative estimate of drug-likeness (QED) is 0.503. The number of hydrogen-bond acceptors (Lipinski definition) is 6. The molecule has 5 rings (SSSR count). The Morgan fingerprint density at radius 3 is 2.52 bits per heavy atom. The van der Waals surface area contributed by atoms with E-state index in [0.29, 0.717) is 18.5 Å². The molecule has 1 amide bonds. The molecule has 1 aliphatic heterocycles. The van der Waals surface area contributed by atoms with Gasteiger partial charge in [-0.05, 0) is 37.3 Å². The average molecular weight is 542 g/mol. The van der Waals surface area contributed by atoms with Crippen LogP contribution < -0.4 is 0 Å². The third-order valence-corrected chi connectivity index (χ3v) is 7.85. The number of aliphatic hydroxyl groups excluding tert-OH is 1. The summed E-state index contributed by atoms with van der Waals surface area (Å²) in [6.45, 7) is 13.9. The van der Waals surface area contributed by atoms with Gasteiger partial charge in [-0.15, -0.1) is 0 Å². The first-order valence-electron chi connectivity index (χ1n) is 14.0. The Bertz CT molecular complexity index is 1510. The predicted molar refractivity (Wildman–Crippen MR) is 155 cm³/mol. The number of nitriles is 1. The molecule has 1 saturated heterocycles. The number of hydrogen-bond donors (Lipinski definition) is 1. The van der Waals surface area contributed by atoms with Gasteiger partial charge in [-0.1, -0.05) is 39.0 Å². The van der Waals surface area contributed by atoms with E-state index in [4.69, 9.17) is 0 Å². The SMILES string of the molecule is C[C@H](O)Cn1cc(-c2cc(C3=CCC(C)(N4CCN(C(=O)CC(C)(C)C)CC4)C=C3)c3c(C#N)cnn3c2)cn1. The molecule has 0 bridgehead atoms. The molecule has 4 heterocycles. The van der Waals surface area contributed by atoms with E-state index in [-0.39, 0.29) is 16.9 Å². The van der Waals surface area contributed by atoms with Crippen LogP contribution in [0, 0.1) is 16.7 Å². The number of fused-ring (bicyclic) bond motifs is 1. The second-order valence-electron chi connectivity index (χ2n) is 12.6. The minimum Gasteiger partial charge on any atom is -0.391 e. The Labute approximate surface area is 236 Å². The van der Waals surface area contributed by atoms with Crippen LogP contribution in [0.25, 0.3) is 22.2 Å². The van der Waals surface area contributed by atoms with Gasteiger partial charge >= 0.3 is 0 Å². The smallest absolute Gasteiger partial charge is 0.223 e. The molecule has 1 unspecified atom stereocenters. The number of aromatic nitrogens is 4. The van der Waals surface area contributed by atoms with Crippen molar-refractivity contribution < 1.29 is 9.90 Å². The van der Waals surface area contributed by atoms with E-state index in [2.05, 4.69) is 73.2 Å². The molecule has 3 aromatic rings. The van der Waals surface area contributed by atoms with Crippen LogP contribution in [0.15, 0.2) is 49.1 Å². The van der Waals surface area contributed by atoms with Crippen LogP contribution in [-0.4, -0.2) is 78.0 Å². The van der Waals surface area contributed by atoms with Gasteiger partial charge in [0.25, 0.3) is 0 Å². The summed E-state index contributed by atoms with van der Waals surface area (Å²) in [5, 5.41) is 28.4. The maximum atomic E-state index is 12.7. The van der Waals surface area contributed by atoms with Crippen molar-refractivity contribution in [3.8, 4) is 17.2 Å². The van der Waals surface area contributed by atoms with Crippen LogP contribution in [0.1, 0.15) is 58.6 Å². The van der Waals surface area contributed by atoms with Gasteiger partial charge in [-0.25, -0.2) is 4.52 Å². The van der Waals surface area contributed by atoms with Crippen molar-refractivity contribution in [2.45, 2.75) is 65.6 Å². The first-order chi connectivity index (χ1) is 19.0. The maximum Gasteiger partial charge on any atom is 0.223 e. The Hall–Kier alpha value is -3.74. The summed E-state index contributed by atoms with van der Waals surface area (Å²) >= 11 is 0. The molecule has 2 atom stereocenters. The van der Waals surface area contributed by atoms with Gasteiger partial charge < -0.3 is 10.0 Å². The Balaban J connectivity index is 1.37. The highest BCUT2D eigenvalue weighted by atomic mass is 16.3. The molecule has 0 radical (unpaired) electrons. The third-order valence-electron chi connectivity index (χ3n) is 7.85. The number of piperazine rings is 1. The van der Waals surface area contributed by atoms with E-state index in [1.165, 1.54) is 0 Å². The van der Waals surface area contributed by atoms with Crippen molar-refractivity contribution in [2.75, 3.05) is 26.2 Å². The molecule has 0 spiro atoms. The lowest BCUT2D eigenvalue weighted by Gasteiger charge is -2.45. The lowest BCUT2D eigenvalue weighted by Crippen LogP contribution is -2.56. The van der Waals surface area contributed by atoms with Gasteiger partial charge in [0, 0.05) is 67.2 Å². The lowest BCUT2D eigenvalue weighted by molar-refractivity contribution is -0.135. The van der Waals surface area contributed by atoms with Crippen LogP contribution in [0.4, 0.5) is 0 Å². The van der Waals surface area contributed by atoms with Crippen LogP contribution in [0.2, 0.25) is 0 Å². The molecule has 0 saturated carbocycles. The zero-order valence-corrected chi connectivity index (χ0v) is 24.1. The number of pyridine rings is 1. The van der Waals surface area contributed by atoms with Crippen molar-refractivity contribution >= 4 is 17.0 Å². The predicted octanol–water partition coefficient (Wildman–Crippen LogP) is 4.13. The fourth-order valence-corrected chi connectivity index (χ4v) is 5.65. The monoisotopic (exact) mass is 541 g/mol. The van der Waals surface area contributed by atoms with E-state index in [0.717, 1.165) is 60.4 Å². The van der Waals surface area contributed by atoms with Crippen LogP contribution in [-0.2, 0) is 11.3 Å². The molecule has 40 heavy (non-hydrogen) atoms. The number of amides is 1. The molecule has 1 N–H and O–H groups in total. The summed E-state index contributed by atoms with van der Waals surface area (Å²) in [5.74, 6) is 0.244. The molecule has 9 heteroatoms. The molecular weight excluding hydrogens is 502 g/mol. The highest BCUT2D eigenvalue weighted by Crippen LogP contribution is 2.36. The molecule has 3 aromatic heterocycles. The molecule has 210 valence electrons. The maximum absolute atomic E-state index is 12.7. The van der Waals surface area contributed by atoms with Gasteiger partial charge in [0.15, 0.2) is 0 Å². The molecule has 9 nitrogen and oxygen atoms in total. The van der Waals surface area contributed by atoms with Crippen LogP contribution >= 0.6 is 0 Å². The number of rotatable bonds is 6. The summed E-state index contributed by atoms with van der Waals surface area (Å²) in [6.07, 6.45) is 14.8. The summed E-state index contributed by atoms with van der Waals surface area (Å²) in [6, 6.07) is 4.39. The van der Waals surface area contributed by atoms with Crippen molar-refractivity contribution in [3.05, 3.63) is 60.2 Å². The minimum atomic E-state index is -0.492. The Kier molecular flexibility index (Phi) is 7.42. The van der Waals surface area contributed by atoms with Gasteiger partial charge in [-0.2, -0.15) is 15.5 Å². The van der Waals surface area contributed by atoms with Gasteiger partial charge in [0.2, 0.25) is 5.91 Å². The molecule has 1 aliphatic carbocycles. The molecule has 2 aliphatic rings. The zero-order chi connectivity index (χ0) is 28.7. The summed E-state index contributed by atoms with van der Waals surface area (Å²) in [5.41, 5.74) is 5.03. The van der Waals surface area contributed by atoms with Gasteiger partial charge in [-0.3, -0.25) is 14.4 Å². The summed E-state index contributed by atoms with van der Waals surface area (Å²) in [4.78, 5) is 17.2. The van der Waals surface area contributed by atoms with Crippen molar-refractivity contribution in [2.24, 2.45) is 5.41 Å². The zero-order valence-electron chi connectivity index (χ0n) is 24.1. The number of nitrogens with zero attached hydrogens (tertiary/aromatic N) is 7. The van der Waals surface area contributed by atoms with E-state index in [1.807, 2.05) is 17.3 Å². The second kappa shape index (κ2) is 10.7. The van der Waals surface area contributed by atoms with Gasteiger partial charge in [0.05, 0.1) is 36.1 Å². The second-order valence-corrected chi connectivity index (χ2v) is 12.6. The molecular formula is C31H39N7O2. The normalized spacial score (nSPS) is 20.9. The van der Waals surface area contributed by atoms with E-state index >= 15 is 0 Å². The first-order valence-corrected chi connectivity index (χ1v) is 14.0. The largest absolute Gasteiger partial charge is 0.391 e. The van der Waals surface area contributed by atoms with Crippen molar-refractivity contribution in [1.29, 1.82) is 5.26 Å². The number of carbonyl (C=O) groups excluding carboxylic acids is 1. The summed E-state index contributed by atoms with van der Waals surface area (Å²) < 4.78 is 3.50. The lowest BCUT2D eigenvalue weighted by atomic mass is 9.85. The minimum absolute atomic E-state index is 0.00433. The van der Waals surface area contributed by atoms with Crippen LogP contribution in [0.3, 0.4) is 0 Å². The van der Waals surface area contributed by atoms with E-state index in [9.17, 15) is 15.2 Å². The highest BCUT2D eigenvalue weighted by Gasteiger charge is 2.34.